The molecule has 0 saturated heterocycles. The van der Waals surface area contributed by atoms with Gasteiger partial charge in [-0.2, -0.15) is 0 Å². The van der Waals surface area contributed by atoms with Gasteiger partial charge in [0.05, 0.1) is 13.7 Å². The summed E-state index contributed by atoms with van der Waals surface area (Å²) in [7, 11) is 1.56. The first kappa shape index (κ1) is 11.5. The molecule has 82 valence electrons. The number of hydrogen-bond donors (Lipinski definition) is 1. The van der Waals surface area contributed by atoms with Gasteiger partial charge in [0.25, 0.3) is 0 Å². The Morgan fingerprint density at radius 3 is 2.87 bits per heavy atom. The van der Waals surface area contributed by atoms with Crippen molar-refractivity contribution in [2.75, 3.05) is 13.7 Å². The number of benzene rings is 1. The van der Waals surface area contributed by atoms with Crippen LogP contribution in [-0.2, 0) is 9.53 Å². The standard InChI is InChI=1S/C11H15NO3/c1-3-15-11(13)10(12)8-5-4-6-9(7-8)14-2/h4-7,10H,3,12H2,1-2H3. The van der Waals surface area contributed by atoms with Crippen molar-refractivity contribution in [1.82, 2.24) is 0 Å². The van der Waals surface area contributed by atoms with Gasteiger partial charge in [0, 0.05) is 0 Å². The van der Waals surface area contributed by atoms with Crippen LogP contribution in [0.4, 0.5) is 0 Å². The van der Waals surface area contributed by atoms with E-state index >= 15 is 0 Å². The maximum Gasteiger partial charge on any atom is 0.327 e. The van der Waals surface area contributed by atoms with Crippen LogP contribution in [0.1, 0.15) is 18.5 Å². The Kier molecular flexibility index (Phi) is 4.12. The first-order valence-corrected chi connectivity index (χ1v) is 4.75. The molecule has 0 spiro atoms. The maximum atomic E-state index is 11.4. The lowest BCUT2D eigenvalue weighted by Gasteiger charge is -2.11. The second-order valence-corrected chi connectivity index (χ2v) is 3.01. The molecule has 4 nitrogen and oxygen atoms in total. The Bertz CT molecular complexity index is 338. The van der Waals surface area contributed by atoms with Crippen LogP contribution in [0.25, 0.3) is 0 Å². The zero-order valence-corrected chi connectivity index (χ0v) is 8.90. The average Bonchev–Trinajstić information content (AvgIpc) is 2.28. The molecular formula is C11H15NO3. The summed E-state index contributed by atoms with van der Waals surface area (Å²) in [5, 5.41) is 0. The van der Waals surface area contributed by atoms with Gasteiger partial charge in [-0.15, -0.1) is 0 Å². The summed E-state index contributed by atoms with van der Waals surface area (Å²) >= 11 is 0. The molecule has 0 aromatic heterocycles. The quantitative estimate of drug-likeness (QED) is 0.758. The van der Waals surface area contributed by atoms with Gasteiger partial charge in [-0.3, -0.25) is 0 Å². The van der Waals surface area contributed by atoms with Gasteiger partial charge in [-0.05, 0) is 24.6 Å². The number of carbonyl (C=O) groups is 1. The fourth-order valence-corrected chi connectivity index (χ4v) is 1.20. The highest BCUT2D eigenvalue weighted by molar-refractivity contribution is 5.77. The fourth-order valence-electron chi connectivity index (χ4n) is 1.20. The van der Waals surface area contributed by atoms with Crippen LogP contribution >= 0.6 is 0 Å². The van der Waals surface area contributed by atoms with Crippen molar-refractivity contribution in [3.05, 3.63) is 29.8 Å². The molecule has 0 aliphatic heterocycles. The molecule has 1 aromatic carbocycles. The molecule has 0 amide bonds. The van der Waals surface area contributed by atoms with E-state index in [0.717, 1.165) is 0 Å². The molecule has 0 heterocycles. The van der Waals surface area contributed by atoms with Crippen LogP contribution in [0, 0.1) is 0 Å². The first-order chi connectivity index (χ1) is 7.19. The van der Waals surface area contributed by atoms with Crippen molar-refractivity contribution in [3.63, 3.8) is 0 Å². The fraction of sp³-hybridized carbons (Fsp3) is 0.364. The Morgan fingerprint density at radius 2 is 2.27 bits per heavy atom. The molecule has 0 aliphatic rings. The molecule has 2 N–H and O–H groups in total. The van der Waals surface area contributed by atoms with Crippen molar-refractivity contribution < 1.29 is 14.3 Å². The van der Waals surface area contributed by atoms with Crippen molar-refractivity contribution >= 4 is 5.97 Å². The predicted octanol–water partition coefficient (Wildman–Crippen LogP) is 1.26. The first-order valence-electron chi connectivity index (χ1n) is 4.75. The summed E-state index contributed by atoms with van der Waals surface area (Å²) in [5.74, 6) is 0.248. The number of nitrogens with two attached hydrogens (primary N) is 1. The zero-order valence-electron chi connectivity index (χ0n) is 8.90. The van der Waals surface area contributed by atoms with E-state index in [1.165, 1.54) is 0 Å². The summed E-state index contributed by atoms with van der Waals surface area (Å²) in [6.07, 6.45) is 0. The second kappa shape index (κ2) is 5.36. The Balaban J connectivity index is 2.81. The van der Waals surface area contributed by atoms with Crippen molar-refractivity contribution in [1.29, 1.82) is 0 Å². The van der Waals surface area contributed by atoms with Crippen molar-refractivity contribution in [3.8, 4) is 5.75 Å². The number of carbonyl (C=O) groups excluding carboxylic acids is 1. The largest absolute Gasteiger partial charge is 0.497 e. The molecule has 0 aliphatic carbocycles. The van der Waals surface area contributed by atoms with Crippen molar-refractivity contribution in [2.45, 2.75) is 13.0 Å². The average molecular weight is 209 g/mol. The lowest BCUT2D eigenvalue weighted by atomic mass is 10.1. The minimum atomic E-state index is -0.750. The van der Waals surface area contributed by atoms with Gasteiger partial charge in [0.2, 0.25) is 0 Å². The molecule has 0 saturated carbocycles. The van der Waals surface area contributed by atoms with Crippen LogP contribution in [0.15, 0.2) is 24.3 Å². The smallest absolute Gasteiger partial charge is 0.327 e. The predicted molar refractivity (Wildman–Crippen MR) is 56.6 cm³/mol. The Hall–Kier alpha value is -1.55. The minimum absolute atomic E-state index is 0.330. The summed E-state index contributed by atoms with van der Waals surface area (Å²) < 4.78 is 9.86. The van der Waals surface area contributed by atoms with E-state index in [9.17, 15) is 4.79 Å². The van der Waals surface area contributed by atoms with Crippen molar-refractivity contribution in [2.24, 2.45) is 5.73 Å². The molecule has 4 heteroatoms. The number of hydrogen-bond acceptors (Lipinski definition) is 4. The molecule has 15 heavy (non-hydrogen) atoms. The van der Waals surface area contributed by atoms with E-state index in [2.05, 4.69) is 0 Å². The number of methoxy groups -OCH3 is 1. The van der Waals surface area contributed by atoms with E-state index in [1.54, 1.807) is 38.3 Å². The van der Waals surface area contributed by atoms with Crippen LogP contribution in [-0.4, -0.2) is 19.7 Å². The van der Waals surface area contributed by atoms with Gasteiger partial charge < -0.3 is 15.2 Å². The Labute approximate surface area is 89.0 Å². The topological polar surface area (TPSA) is 61.5 Å². The van der Waals surface area contributed by atoms with Crippen LogP contribution in [0.3, 0.4) is 0 Å². The van der Waals surface area contributed by atoms with E-state index in [4.69, 9.17) is 15.2 Å². The summed E-state index contributed by atoms with van der Waals surface area (Å²) in [6.45, 7) is 2.08. The van der Waals surface area contributed by atoms with E-state index in [1.807, 2.05) is 0 Å². The highest BCUT2D eigenvalue weighted by atomic mass is 16.5. The summed E-state index contributed by atoms with van der Waals surface area (Å²) in [5.41, 5.74) is 6.41. The molecule has 0 bridgehead atoms. The minimum Gasteiger partial charge on any atom is -0.497 e. The molecule has 1 unspecified atom stereocenters. The third-order valence-electron chi connectivity index (χ3n) is 1.99. The number of esters is 1. The highest BCUT2D eigenvalue weighted by Crippen LogP contribution is 2.18. The van der Waals surface area contributed by atoms with Gasteiger partial charge in [0.1, 0.15) is 11.8 Å². The summed E-state index contributed by atoms with van der Waals surface area (Å²) in [6, 6.07) is 6.32. The zero-order chi connectivity index (χ0) is 11.3. The molecule has 0 fully saturated rings. The van der Waals surface area contributed by atoms with Crippen LogP contribution in [0.5, 0.6) is 5.75 Å². The number of ether oxygens (including phenoxy) is 2. The normalized spacial score (nSPS) is 11.9. The third kappa shape index (κ3) is 2.95. The second-order valence-electron chi connectivity index (χ2n) is 3.01. The van der Waals surface area contributed by atoms with E-state index in [0.29, 0.717) is 17.9 Å². The van der Waals surface area contributed by atoms with E-state index < -0.39 is 12.0 Å². The Morgan fingerprint density at radius 1 is 1.53 bits per heavy atom. The monoisotopic (exact) mass is 209 g/mol. The van der Waals surface area contributed by atoms with E-state index in [-0.39, 0.29) is 0 Å². The molecule has 1 atom stereocenters. The number of rotatable bonds is 4. The summed E-state index contributed by atoms with van der Waals surface area (Å²) in [4.78, 5) is 11.4. The lowest BCUT2D eigenvalue weighted by molar-refractivity contribution is -0.144. The molecule has 1 rings (SSSR count). The molecule has 1 aromatic rings. The molecular weight excluding hydrogens is 194 g/mol. The van der Waals surface area contributed by atoms with Crippen LogP contribution in [0.2, 0.25) is 0 Å². The van der Waals surface area contributed by atoms with Crippen LogP contribution < -0.4 is 10.5 Å². The third-order valence-corrected chi connectivity index (χ3v) is 1.99. The SMILES string of the molecule is CCOC(=O)C(N)c1cccc(OC)c1. The lowest BCUT2D eigenvalue weighted by Crippen LogP contribution is -2.23. The van der Waals surface area contributed by atoms with Gasteiger partial charge in [0.15, 0.2) is 0 Å². The van der Waals surface area contributed by atoms with Gasteiger partial charge >= 0.3 is 5.97 Å². The maximum absolute atomic E-state index is 11.4. The highest BCUT2D eigenvalue weighted by Gasteiger charge is 2.16. The molecule has 0 radical (unpaired) electrons. The van der Waals surface area contributed by atoms with Gasteiger partial charge in [-0.25, -0.2) is 4.79 Å². The van der Waals surface area contributed by atoms with Gasteiger partial charge in [-0.1, -0.05) is 12.1 Å².